The van der Waals surface area contributed by atoms with Crippen LogP contribution in [0.15, 0.2) is 17.0 Å². The number of phenolic OH excluding ortho intramolecular Hbond substituents is 1. The summed E-state index contributed by atoms with van der Waals surface area (Å²) in [5.74, 6) is -0.678. The Morgan fingerprint density at radius 1 is 1.33 bits per heavy atom. The first kappa shape index (κ1) is 20.0. The summed E-state index contributed by atoms with van der Waals surface area (Å²) in [5, 5.41) is 15.7. The molecule has 0 aliphatic heterocycles. The number of nitrogens with two attached hydrogens (primary N) is 1. The monoisotopic (exact) mass is 391 g/mol. The van der Waals surface area contributed by atoms with Crippen LogP contribution in [0.3, 0.4) is 0 Å². The number of sulfonamides is 1. The Morgan fingerprint density at radius 3 is 2.13 bits per heavy atom. The molecule has 0 unspecified atom stereocenters. The smallest absolute Gasteiger partial charge is 0.560 e. The number of phenols is 1. The predicted octanol–water partition coefficient (Wildman–Crippen LogP) is -4.62. The Labute approximate surface area is 191 Å². The van der Waals surface area contributed by atoms with E-state index in [0.29, 0.717) is 0 Å². The van der Waals surface area contributed by atoms with Gasteiger partial charge in [-0.1, -0.05) is 11.6 Å². The van der Waals surface area contributed by atoms with Gasteiger partial charge in [-0.3, -0.25) is 0 Å². The first-order valence-corrected chi connectivity index (χ1v) is 4.96. The molecule has 0 saturated carbocycles. The topological polar surface area (TPSA) is 104 Å². The molecule has 0 saturated heterocycles. The van der Waals surface area contributed by atoms with Crippen LogP contribution in [-0.4, -0.2) is 13.5 Å². The molecular weight excluding hydrogens is 387 g/mol. The Bertz CT molecular complexity index is 452. The third-order valence-corrected chi connectivity index (χ3v) is 2.76. The number of nitrogen functional groups attached to an aromatic ring is 1. The summed E-state index contributed by atoms with van der Waals surface area (Å²) in [6.45, 7) is 0. The van der Waals surface area contributed by atoms with E-state index >= 15 is 0 Å². The molecule has 1 aromatic carbocycles. The zero-order valence-electron chi connectivity index (χ0n) is 8.28. The molecule has 4 N–H and O–H groups in total. The molecular formula is C6H6ClN2O3Rb2S+. The number of hydrogen-bond donors (Lipinski definition) is 2. The average Bonchev–Trinajstić information content (AvgIpc) is 1.95. The van der Waals surface area contributed by atoms with E-state index in [-0.39, 0.29) is 127 Å². The van der Waals surface area contributed by atoms with Gasteiger partial charge in [0.2, 0.25) is 0 Å². The van der Waals surface area contributed by atoms with Gasteiger partial charge in [-0.2, -0.15) is 0 Å². The minimum atomic E-state index is -4.30. The zero-order chi connectivity index (χ0) is 10.2. The molecule has 5 nitrogen and oxygen atoms in total. The molecule has 0 aromatic heterocycles. The molecule has 0 radical (unpaired) electrons. The maximum atomic E-state index is 10.8. The molecule has 0 heterocycles. The maximum Gasteiger partial charge on any atom is 1.00 e. The quantitative estimate of drug-likeness (QED) is 0.371. The molecule has 0 fully saturated rings. The van der Waals surface area contributed by atoms with Gasteiger partial charge >= 0.3 is 116 Å². The average molecular weight is 393 g/mol. The van der Waals surface area contributed by atoms with E-state index in [4.69, 9.17) is 22.5 Å². The summed E-state index contributed by atoms with van der Waals surface area (Å²) < 4.78 is 21.6. The van der Waals surface area contributed by atoms with Crippen LogP contribution < -0.4 is 122 Å². The van der Waals surface area contributed by atoms with E-state index in [1.807, 2.05) is 0 Å². The second kappa shape index (κ2) is 7.93. The van der Waals surface area contributed by atoms with Gasteiger partial charge in [0.05, 0.1) is 10.7 Å². The van der Waals surface area contributed by atoms with E-state index in [0.717, 1.165) is 0 Å². The van der Waals surface area contributed by atoms with Crippen LogP contribution in [-0.2, 0) is 10.0 Å². The molecule has 0 atom stereocenters. The van der Waals surface area contributed by atoms with Crippen LogP contribution in [0.25, 0.3) is 5.14 Å². The fraction of sp³-hybridized carbons (Fsp3) is 0. The van der Waals surface area contributed by atoms with E-state index in [9.17, 15) is 13.5 Å². The summed E-state index contributed by atoms with van der Waals surface area (Å²) in [4.78, 5) is -0.658. The summed E-state index contributed by atoms with van der Waals surface area (Å²) in [6.07, 6.45) is 0. The number of rotatable bonds is 1. The van der Waals surface area contributed by atoms with Gasteiger partial charge in [-0.25, -0.2) is 8.42 Å². The number of benzene rings is 1. The molecule has 0 aliphatic carbocycles. The summed E-state index contributed by atoms with van der Waals surface area (Å²) in [6, 6.07) is 2.46. The normalized spacial score (nSPS) is 10.0. The minimum Gasteiger partial charge on any atom is -0.560 e. The first-order valence-electron chi connectivity index (χ1n) is 3.10. The molecule has 0 bridgehead atoms. The van der Waals surface area contributed by atoms with Gasteiger partial charge in [0.15, 0.2) is 5.75 Å². The Kier molecular flexibility index (Phi) is 10.6. The zero-order valence-corrected chi connectivity index (χ0v) is 19.7. The van der Waals surface area contributed by atoms with E-state index in [1.165, 1.54) is 12.1 Å². The predicted molar refractivity (Wildman–Crippen MR) is 49.0 cm³/mol. The second-order valence-corrected chi connectivity index (χ2v) is 4.14. The van der Waals surface area contributed by atoms with Crippen molar-refractivity contribution in [3.63, 3.8) is 0 Å². The molecule has 15 heavy (non-hydrogen) atoms. The van der Waals surface area contributed by atoms with E-state index in [2.05, 4.69) is 0 Å². The number of nitrogens with one attached hydrogen (secondary N) is 1. The third-order valence-electron chi connectivity index (χ3n) is 1.38. The van der Waals surface area contributed by atoms with Crippen molar-refractivity contribution in [2.24, 2.45) is 0 Å². The molecule has 1 rings (SSSR count). The summed E-state index contributed by atoms with van der Waals surface area (Å²) >= 11 is 5.47. The minimum absolute atomic E-state index is 0. The number of hydrogen-bond acceptors (Lipinski definition) is 4. The van der Waals surface area contributed by atoms with Crippen LogP contribution in [0, 0.1) is 0 Å². The van der Waals surface area contributed by atoms with Gasteiger partial charge in [-0.15, -0.1) is 0 Å². The van der Waals surface area contributed by atoms with Crippen LogP contribution in [0.1, 0.15) is 0 Å². The fourth-order valence-electron chi connectivity index (χ4n) is 0.817. The molecule has 0 spiro atoms. The van der Waals surface area contributed by atoms with Crippen molar-refractivity contribution in [2.75, 3.05) is 5.73 Å². The summed E-state index contributed by atoms with van der Waals surface area (Å²) in [5.41, 5.74) is 5.10. The van der Waals surface area contributed by atoms with Crippen molar-refractivity contribution in [1.29, 1.82) is 0 Å². The Balaban J connectivity index is 0. The number of aromatic hydroxyl groups is 1. The fourth-order valence-corrected chi connectivity index (χ4v) is 1.97. The second-order valence-electron chi connectivity index (χ2n) is 2.32. The van der Waals surface area contributed by atoms with Crippen molar-refractivity contribution in [2.45, 2.75) is 4.90 Å². The van der Waals surface area contributed by atoms with Crippen LogP contribution in [0.4, 0.5) is 5.69 Å². The Hall–Kier alpha value is 2.63. The standard InChI is InChI=1S/C6H6ClN2O3S.2Rb/c7-3-1-2-4(8)5(10)6(3)13(9,11)12;;/h1-2H,8H2,(H2-,9,10,11,12);;/q-1;2*+1. The molecule has 0 aliphatic rings. The largest absolute Gasteiger partial charge is 1.00 e. The third kappa shape index (κ3) is 5.42. The van der Waals surface area contributed by atoms with Crippen molar-refractivity contribution >= 4 is 27.3 Å². The number of anilines is 1. The SMILES string of the molecule is [NH-]S(=O)(=O)c1c(Cl)ccc(N)c1O.[Rb+].[Rb+]. The maximum absolute atomic E-state index is 10.8. The first-order chi connectivity index (χ1) is 5.84. The van der Waals surface area contributed by atoms with Gasteiger partial charge in [0.25, 0.3) is 0 Å². The van der Waals surface area contributed by atoms with Gasteiger partial charge in [-0.05, 0) is 12.1 Å². The molecule has 0 amide bonds. The van der Waals surface area contributed by atoms with Crippen LogP contribution in [0.5, 0.6) is 5.75 Å². The van der Waals surface area contributed by atoms with Gasteiger partial charge < -0.3 is 16.0 Å². The van der Waals surface area contributed by atoms with Crippen LogP contribution in [0.2, 0.25) is 5.02 Å². The van der Waals surface area contributed by atoms with Gasteiger partial charge in [0, 0.05) is 0 Å². The molecule has 1 aromatic rings. The molecule has 72 valence electrons. The van der Waals surface area contributed by atoms with Crippen molar-refractivity contribution in [3.05, 3.63) is 22.3 Å². The molecule has 9 heteroatoms. The van der Waals surface area contributed by atoms with Crippen molar-refractivity contribution in [3.8, 4) is 5.75 Å². The van der Waals surface area contributed by atoms with Crippen molar-refractivity contribution in [1.82, 2.24) is 0 Å². The van der Waals surface area contributed by atoms with Crippen LogP contribution >= 0.6 is 11.6 Å². The van der Waals surface area contributed by atoms with E-state index in [1.54, 1.807) is 0 Å². The summed E-state index contributed by atoms with van der Waals surface area (Å²) in [7, 11) is -4.30. The van der Waals surface area contributed by atoms with E-state index < -0.39 is 20.7 Å². The van der Waals surface area contributed by atoms with Gasteiger partial charge in [0.1, 0.15) is 14.9 Å². The van der Waals surface area contributed by atoms with Crippen molar-refractivity contribution < 1.29 is 130 Å². The Morgan fingerprint density at radius 2 is 1.80 bits per heavy atom. The number of halogens is 1.